The van der Waals surface area contributed by atoms with Gasteiger partial charge in [0.1, 0.15) is 0 Å². The summed E-state index contributed by atoms with van der Waals surface area (Å²) in [7, 11) is 1.77. The molecule has 3 N–H and O–H groups in total. The highest BCUT2D eigenvalue weighted by Crippen LogP contribution is 2.24. The van der Waals surface area contributed by atoms with Gasteiger partial charge in [0.05, 0.1) is 12.2 Å². The summed E-state index contributed by atoms with van der Waals surface area (Å²) in [6, 6.07) is 4.46. The maximum atomic E-state index is 12.3. The Balaban J connectivity index is 0.00000338. The van der Waals surface area contributed by atoms with Crippen LogP contribution in [0.3, 0.4) is 0 Å². The van der Waals surface area contributed by atoms with Gasteiger partial charge in [0.2, 0.25) is 5.91 Å². The second-order valence-electron chi connectivity index (χ2n) is 7.06. The number of carbonyl (C=O) groups is 1. The minimum atomic E-state index is 0. The lowest BCUT2D eigenvalue weighted by Gasteiger charge is -2.30. The first-order valence-corrected chi connectivity index (χ1v) is 9.17. The van der Waals surface area contributed by atoms with Crippen molar-refractivity contribution >= 4 is 35.8 Å². The molecule has 0 aliphatic heterocycles. The average Bonchev–Trinajstić information content (AvgIpc) is 2.59. The molecule has 1 aliphatic carbocycles. The van der Waals surface area contributed by atoms with E-state index in [1.807, 2.05) is 19.9 Å². The summed E-state index contributed by atoms with van der Waals surface area (Å²) in [6.45, 7) is 6.69. The molecule has 0 bridgehead atoms. The van der Waals surface area contributed by atoms with E-state index in [1.54, 1.807) is 13.2 Å². The minimum absolute atomic E-state index is 0. The summed E-state index contributed by atoms with van der Waals surface area (Å²) in [5.41, 5.74) is 2.18. The summed E-state index contributed by atoms with van der Waals surface area (Å²) in [5.74, 6) is 1.03. The molecule has 7 heteroatoms. The van der Waals surface area contributed by atoms with E-state index < -0.39 is 0 Å². The number of hydrogen-bond acceptors (Lipinski definition) is 3. The lowest BCUT2D eigenvalue weighted by molar-refractivity contribution is -0.126. The van der Waals surface area contributed by atoms with E-state index in [2.05, 4.69) is 38.9 Å². The highest BCUT2D eigenvalue weighted by molar-refractivity contribution is 14.0. The molecular formula is C19H32IN5O. The number of nitrogens with zero attached hydrogens (tertiary/aromatic N) is 2. The molecule has 2 rings (SSSR count). The first-order chi connectivity index (χ1) is 12.0. The van der Waals surface area contributed by atoms with Crippen molar-refractivity contribution in [3.63, 3.8) is 0 Å². The van der Waals surface area contributed by atoms with Crippen LogP contribution >= 0.6 is 24.0 Å². The molecule has 1 aliphatic rings. The van der Waals surface area contributed by atoms with Crippen molar-refractivity contribution < 1.29 is 4.79 Å². The van der Waals surface area contributed by atoms with Gasteiger partial charge in [-0.1, -0.05) is 12.5 Å². The molecule has 1 aromatic rings. The second-order valence-corrected chi connectivity index (χ2v) is 7.06. The number of nitrogens with one attached hydrogen (secondary N) is 3. The first-order valence-electron chi connectivity index (χ1n) is 9.17. The maximum Gasteiger partial charge on any atom is 0.223 e. The second kappa shape index (κ2) is 11.4. The van der Waals surface area contributed by atoms with E-state index in [0.29, 0.717) is 6.54 Å². The van der Waals surface area contributed by atoms with Crippen molar-refractivity contribution in [3.05, 3.63) is 29.6 Å². The quantitative estimate of drug-likeness (QED) is 0.349. The third-order valence-electron chi connectivity index (χ3n) is 4.58. The molecule has 146 valence electrons. The van der Waals surface area contributed by atoms with E-state index in [9.17, 15) is 4.79 Å². The Hall–Kier alpha value is -1.38. The molecule has 0 saturated heterocycles. The zero-order chi connectivity index (χ0) is 18.2. The van der Waals surface area contributed by atoms with Crippen LogP contribution in [0.2, 0.25) is 0 Å². The zero-order valence-electron chi connectivity index (χ0n) is 16.2. The predicted molar refractivity (Wildman–Crippen MR) is 117 cm³/mol. The number of guanidine groups is 1. The van der Waals surface area contributed by atoms with Gasteiger partial charge in [0.25, 0.3) is 0 Å². The molecule has 2 atom stereocenters. The molecule has 26 heavy (non-hydrogen) atoms. The Bertz CT molecular complexity index is 605. The number of aliphatic imine (C=N–C) groups is 1. The predicted octanol–water partition coefficient (Wildman–Crippen LogP) is 2.76. The van der Waals surface area contributed by atoms with Crippen molar-refractivity contribution in [2.75, 3.05) is 7.05 Å². The molecule has 0 radical (unpaired) electrons. The van der Waals surface area contributed by atoms with E-state index >= 15 is 0 Å². The Kier molecular flexibility index (Phi) is 9.90. The lowest BCUT2D eigenvalue weighted by Crippen LogP contribution is -2.47. The molecular weight excluding hydrogens is 441 g/mol. The SMILES string of the molecule is CN=C(NCc1ncccc1C)NC1CCCC(C(=O)NC(C)C)C1.I. The molecule has 0 spiro atoms. The average molecular weight is 473 g/mol. The van der Waals surface area contributed by atoms with Gasteiger partial charge >= 0.3 is 0 Å². The van der Waals surface area contributed by atoms with Gasteiger partial charge < -0.3 is 16.0 Å². The van der Waals surface area contributed by atoms with Crippen molar-refractivity contribution in [1.29, 1.82) is 0 Å². The standard InChI is InChI=1S/C19H31N5O.HI/c1-13(2)23-18(25)15-8-5-9-16(11-15)24-19(20-4)22-12-17-14(3)7-6-10-21-17;/h6-7,10,13,15-16H,5,8-9,11-12H2,1-4H3,(H,23,25)(H2,20,22,24);1H. The number of amides is 1. The summed E-state index contributed by atoms with van der Waals surface area (Å²) in [5, 5.41) is 9.82. The number of hydrogen-bond donors (Lipinski definition) is 3. The van der Waals surface area contributed by atoms with E-state index in [4.69, 9.17) is 0 Å². The molecule has 1 fully saturated rings. The third-order valence-corrected chi connectivity index (χ3v) is 4.58. The normalized spacial score (nSPS) is 20.3. The summed E-state index contributed by atoms with van der Waals surface area (Å²) in [6.07, 6.45) is 5.75. The van der Waals surface area contributed by atoms with Gasteiger partial charge in [-0.3, -0.25) is 14.8 Å². The van der Waals surface area contributed by atoms with Gasteiger partial charge in [-0.2, -0.15) is 0 Å². The van der Waals surface area contributed by atoms with E-state index in [0.717, 1.165) is 42.9 Å². The highest BCUT2D eigenvalue weighted by atomic mass is 127. The number of carbonyl (C=O) groups excluding carboxylic acids is 1. The van der Waals surface area contributed by atoms with Crippen molar-refractivity contribution in [2.45, 2.75) is 65.1 Å². The molecule has 1 aromatic heterocycles. The number of aryl methyl sites for hydroxylation is 1. The summed E-state index contributed by atoms with van der Waals surface area (Å²) < 4.78 is 0. The summed E-state index contributed by atoms with van der Waals surface area (Å²) >= 11 is 0. The van der Waals surface area contributed by atoms with Gasteiger partial charge in [0.15, 0.2) is 5.96 Å². The van der Waals surface area contributed by atoms with Crippen LogP contribution in [0.1, 0.15) is 50.8 Å². The molecule has 2 unspecified atom stereocenters. The van der Waals surface area contributed by atoms with Crippen LogP contribution in [0.5, 0.6) is 0 Å². The number of halogens is 1. The molecule has 1 saturated carbocycles. The highest BCUT2D eigenvalue weighted by Gasteiger charge is 2.27. The van der Waals surface area contributed by atoms with Crippen LogP contribution in [0.15, 0.2) is 23.3 Å². The van der Waals surface area contributed by atoms with Gasteiger partial charge in [-0.15, -0.1) is 24.0 Å². The van der Waals surface area contributed by atoms with Crippen molar-refractivity contribution in [2.24, 2.45) is 10.9 Å². The smallest absolute Gasteiger partial charge is 0.223 e. The number of aromatic nitrogens is 1. The van der Waals surface area contributed by atoms with Gasteiger partial charge in [-0.25, -0.2) is 0 Å². The Morgan fingerprint density at radius 3 is 2.81 bits per heavy atom. The van der Waals surface area contributed by atoms with Crippen LogP contribution in [-0.4, -0.2) is 36.0 Å². The Morgan fingerprint density at radius 1 is 1.38 bits per heavy atom. The fourth-order valence-corrected chi connectivity index (χ4v) is 3.22. The van der Waals surface area contributed by atoms with Crippen LogP contribution in [0.4, 0.5) is 0 Å². The number of rotatable bonds is 5. The zero-order valence-corrected chi connectivity index (χ0v) is 18.5. The number of pyridine rings is 1. The van der Waals surface area contributed by atoms with E-state index in [-0.39, 0.29) is 47.9 Å². The van der Waals surface area contributed by atoms with E-state index in [1.165, 1.54) is 0 Å². The molecule has 1 heterocycles. The Morgan fingerprint density at radius 2 is 2.15 bits per heavy atom. The largest absolute Gasteiger partial charge is 0.354 e. The Labute approximate surface area is 174 Å². The van der Waals surface area contributed by atoms with Gasteiger partial charge in [-0.05, 0) is 51.7 Å². The van der Waals surface area contributed by atoms with Crippen molar-refractivity contribution in [3.8, 4) is 0 Å². The van der Waals surface area contributed by atoms with Gasteiger partial charge in [0, 0.05) is 31.2 Å². The maximum absolute atomic E-state index is 12.3. The summed E-state index contributed by atoms with van der Waals surface area (Å²) in [4.78, 5) is 21.0. The third kappa shape index (κ3) is 7.09. The van der Waals surface area contributed by atoms with Crippen LogP contribution in [-0.2, 0) is 11.3 Å². The lowest BCUT2D eigenvalue weighted by atomic mass is 9.85. The fourth-order valence-electron chi connectivity index (χ4n) is 3.22. The van der Waals surface area contributed by atoms with Crippen LogP contribution in [0.25, 0.3) is 0 Å². The van der Waals surface area contributed by atoms with Crippen molar-refractivity contribution in [1.82, 2.24) is 20.9 Å². The molecule has 1 amide bonds. The molecule has 6 nitrogen and oxygen atoms in total. The fraction of sp³-hybridized carbons (Fsp3) is 0.632. The first kappa shape index (κ1) is 22.7. The van der Waals surface area contributed by atoms with Crippen LogP contribution < -0.4 is 16.0 Å². The molecule has 0 aromatic carbocycles. The topological polar surface area (TPSA) is 78.4 Å². The van der Waals surface area contributed by atoms with Crippen LogP contribution in [0, 0.1) is 12.8 Å². The monoisotopic (exact) mass is 473 g/mol. The minimum Gasteiger partial charge on any atom is -0.354 e.